The van der Waals surface area contributed by atoms with E-state index < -0.39 is 0 Å². The van der Waals surface area contributed by atoms with E-state index in [4.69, 9.17) is 15.0 Å². The van der Waals surface area contributed by atoms with Crippen LogP contribution in [0, 0.1) is 70.6 Å². The monoisotopic (exact) mass is 2450 g/mol. The van der Waals surface area contributed by atoms with E-state index in [1.807, 2.05) is 73.4 Å². The van der Waals surface area contributed by atoms with E-state index in [0.717, 1.165) is 63.9 Å². The van der Waals surface area contributed by atoms with Crippen LogP contribution in [0.2, 0.25) is 0 Å². The summed E-state index contributed by atoms with van der Waals surface area (Å²) in [7, 11) is 0. The van der Waals surface area contributed by atoms with E-state index >= 15 is 0 Å². The van der Waals surface area contributed by atoms with E-state index in [1.54, 1.807) is 0 Å². The number of hydrogen-bond donors (Lipinski definition) is 0. The van der Waals surface area contributed by atoms with Crippen LogP contribution in [0.1, 0.15) is 232 Å². The van der Waals surface area contributed by atoms with Gasteiger partial charge in [0, 0.05) is 115 Å². The fraction of sp³-hybridized carbons (Fsp3) is 0.277. The summed E-state index contributed by atoms with van der Waals surface area (Å²) in [5.74, 6) is 2.69. The predicted molar refractivity (Wildman–Crippen MR) is 610 cm³/mol. The molecule has 0 aliphatic rings. The second-order valence-corrected chi connectivity index (χ2v) is 47.7. The van der Waals surface area contributed by atoms with E-state index in [-0.39, 0.29) is 104 Å². The molecule has 18 rings (SSSR count). The number of aromatic nitrogens is 6. The summed E-state index contributed by atoms with van der Waals surface area (Å²) >= 11 is 0. The van der Waals surface area contributed by atoms with E-state index in [0.29, 0.717) is 0 Å². The number of para-hydroxylation sites is 1. The minimum Gasteiger partial charge on any atom is -0.340 e. The van der Waals surface area contributed by atoms with Gasteiger partial charge in [-0.3, -0.25) is 15.0 Å². The normalized spacial score (nSPS) is 12.0. The van der Waals surface area contributed by atoms with Gasteiger partial charge in [-0.15, -0.1) is 107 Å². The summed E-state index contributed by atoms with van der Waals surface area (Å²) in [6.45, 7) is 63.8. The molecule has 18 aromatic rings. The molecule has 6 nitrogen and oxygen atoms in total. The molecule has 0 spiro atoms. The molecule has 0 saturated carbocycles. The number of nitrogens with zero attached hydrogens (tertiary/aromatic N) is 6. The Kier molecular flexibility index (Phi) is 34.2. The molecule has 0 bridgehead atoms. The van der Waals surface area contributed by atoms with Gasteiger partial charge in [0.25, 0.3) is 0 Å². The van der Waals surface area contributed by atoms with Crippen LogP contribution >= 0.6 is 0 Å². The Bertz CT molecular complexity index is 7220. The minimum atomic E-state index is 0. The molecule has 0 fully saturated rings. The molecule has 15 aromatic carbocycles. The third-order valence-electron chi connectivity index (χ3n) is 28.1. The second-order valence-electron chi connectivity index (χ2n) is 47.7. The van der Waals surface area contributed by atoms with Crippen molar-refractivity contribution < 1.29 is 60.3 Å². The smallest absolute Gasteiger partial charge is 0.0603 e. The van der Waals surface area contributed by atoms with Crippen LogP contribution in [0.5, 0.6) is 0 Å². The maximum atomic E-state index is 4.80. The topological polar surface area (TPSA) is 53.5 Å². The molecular weight excluding hydrogens is 2310 g/mol. The summed E-state index contributed by atoms with van der Waals surface area (Å²) in [6, 6.07) is 124. The maximum Gasteiger partial charge on any atom is 0.0603 e. The third kappa shape index (κ3) is 26.2. The van der Waals surface area contributed by atoms with Crippen LogP contribution in [-0.2, 0) is 92.8 Å². The van der Waals surface area contributed by atoms with Gasteiger partial charge in [0.1, 0.15) is 0 Å². The molecule has 3 aromatic heterocycles. The van der Waals surface area contributed by atoms with Crippen LogP contribution in [0.4, 0.5) is 0 Å². The predicted octanol–water partition coefficient (Wildman–Crippen LogP) is 37.5. The minimum absolute atomic E-state index is 0. The molecule has 0 saturated heterocycles. The van der Waals surface area contributed by atoms with Crippen LogP contribution in [0.25, 0.3) is 151 Å². The first-order valence-corrected chi connectivity index (χ1v) is 51.0. The van der Waals surface area contributed by atoms with Crippen molar-refractivity contribution in [3.05, 3.63) is 432 Å². The zero-order valence-electron chi connectivity index (χ0n) is 91.0. The Hall–Kier alpha value is -12.1. The SMILES string of the molecule is Cc1cc(-c2cc(-c3ccc(C(C)(C)C)cc3)cc(-c3ccc(C(C)(C)C)cc3)c2)cc(C)c1-n1ccnc1-c1[c-]cccc1.Cc1cc(-c2cc(-c3ccc(C(C)(C)CC(C)(C)C)cc3)cc(-c3ccc(C(C)(C)CC(C)(C)C)cc3)c2)cc(C)c1-n1ccnc1-c1[c-]cccc1.Cc1cccc(C)c1-n1ccnc1-c1[c-]ccc(-c2cc(-c3ccc(C(C)(C)C)cc3)cc(-c3ccc(C(C)(C)C)cc3)c2)c1.[Ir].[Ir].[Ir]. The zero-order chi connectivity index (χ0) is 102. The first-order valence-electron chi connectivity index (χ1n) is 51.0. The molecule has 753 valence electrons. The quantitative estimate of drug-likeness (QED) is 0.0758. The average molecular weight is 2450 g/mol. The molecule has 3 radical (unpaired) electrons. The van der Waals surface area contributed by atoms with E-state index in [2.05, 4.69) is 499 Å². The maximum absolute atomic E-state index is 4.80. The molecule has 0 aliphatic carbocycles. The van der Waals surface area contributed by atoms with Gasteiger partial charge in [-0.1, -0.05) is 316 Å². The number of rotatable bonds is 19. The molecule has 0 amide bonds. The summed E-state index contributed by atoms with van der Waals surface area (Å²) in [5.41, 5.74) is 44.8. The van der Waals surface area contributed by atoms with Gasteiger partial charge >= 0.3 is 0 Å². The molecule has 0 aliphatic heterocycles. The Morgan fingerprint density at radius 2 is 0.432 bits per heavy atom. The van der Waals surface area contributed by atoms with Crippen molar-refractivity contribution in [2.24, 2.45) is 10.8 Å². The van der Waals surface area contributed by atoms with Crippen molar-refractivity contribution in [1.29, 1.82) is 0 Å². The van der Waals surface area contributed by atoms with Crippen molar-refractivity contribution in [2.45, 2.75) is 239 Å². The molecule has 0 N–H and O–H groups in total. The fourth-order valence-corrected chi connectivity index (χ4v) is 21.2. The summed E-state index contributed by atoms with van der Waals surface area (Å²) in [5, 5.41) is 0. The van der Waals surface area contributed by atoms with Gasteiger partial charge in [-0.25, -0.2) is 0 Å². The van der Waals surface area contributed by atoms with Crippen molar-refractivity contribution in [3.63, 3.8) is 0 Å². The zero-order valence-corrected chi connectivity index (χ0v) is 98.2. The van der Waals surface area contributed by atoms with Crippen LogP contribution in [-0.4, -0.2) is 28.7 Å². The van der Waals surface area contributed by atoms with Crippen molar-refractivity contribution in [2.75, 3.05) is 0 Å². The Morgan fingerprint density at radius 3 is 0.678 bits per heavy atom. The summed E-state index contributed by atoms with van der Waals surface area (Å²) in [6.07, 6.45) is 14.0. The number of benzene rings is 15. The van der Waals surface area contributed by atoms with Gasteiger partial charge in [0.05, 0.1) is 17.5 Å². The molecule has 146 heavy (non-hydrogen) atoms. The Balaban J connectivity index is 0.000000182. The molecular formula is C137H145Ir3N6-3. The van der Waals surface area contributed by atoms with Crippen molar-refractivity contribution >= 4 is 0 Å². The Morgan fingerprint density at radius 1 is 0.205 bits per heavy atom. The largest absolute Gasteiger partial charge is 0.340 e. The van der Waals surface area contributed by atoms with Crippen LogP contribution < -0.4 is 0 Å². The van der Waals surface area contributed by atoms with Gasteiger partial charge in [-0.05, 0) is 338 Å². The van der Waals surface area contributed by atoms with Crippen molar-refractivity contribution in [3.8, 4) is 151 Å². The van der Waals surface area contributed by atoms with Gasteiger partial charge < -0.3 is 13.7 Å². The number of aryl methyl sites for hydroxylation is 6. The van der Waals surface area contributed by atoms with E-state index in [9.17, 15) is 0 Å². The van der Waals surface area contributed by atoms with E-state index in [1.165, 1.54) is 167 Å². The number of imidazole rings is 3. The van der Waals surface area contributed by atoms with Gasteiger partial charge in [0.2, 0.25) is 0 Å². The van der Waals surface area contributed by atoms with Crippen molar-refractivity contribution in [1.82, 2.24) is 28.7 Å². The first-order chi connectivity index (χ1) is 67.6. The van der Waals surface area contributed by atoms with Gasteiger partial charge in [-0.2, -0.15) is 0 Å². The number of hydrogen-bond acceptors (Lipinski definition) is 3. The van der Waals surface area contributed by atoms with Crippen LogP contribution in [0.15, 0.2) is 347 Å². The summed E-state index contributed by atoms with van der Waals surface area (Å²) in [4.78, 5) is 14.2. The molecule has 9 heteroatoms. The Labute approximate surface area is 914 Å². The summed E-state index contributed by atoms with van der Waals surface area (Å²) < 4.78 is 6.58. The fourth-order valence-electron chi connectivity index (χ4n) is 21.2. The molecule has 0 unspecified atom stereocenters. The molecule has 0 atom stereocenters. The first kappa shape index (κ1) is 111. The second kappa shape index (κ2) is 44.9. The standard InChI is InChI=1S/C51H59N2.2C43H43N2.3Ir/c1-35-28-40(29-36(2)46(35)53-27-26-52-47(53)39-16-14-13-15-17-39)43-31-41(37-18-22-44(23-19-37)50(9,10)33-48(3,4)5)30-42(32-43)38-20-24-45(25-21-38)51(11,12)34-49(6,7)8;1-29-11-9-12-30(2)40(29)45-24-23-44-41(45)34-14-10-13-33(25-34)37-27-35(31-15-19-38(20-16-31)42(3,4)5)26-36(28-37)32-17-21-39(22-18-32)43(6,7)8;1-29-24-34(25-30(2)40(29)45-23-22-44-41(45)33-12-10-9-11-13-33)37-27-35(31-14-18-38(19-15-31)42(3,4)5)26-36(28-37)32-16-20-39(21-17-32)43(6,7)8;;;/h13-16,18-32H,33-34H2,1-12H3;9-13,15-28H,1-8H3;9-12,14-28H,1-8H3;;;/q3*-1;;;. The van der Waals surface area contributed by atoms with Crippen LogP contribution in [0.3, 0.4) is 0 Å². The van der Waals surface area contributed by atoms with Gasteiger partial charge in [0.15, 0.2) is 0 Å². The average Bonchev–Trinajstić information content (AvgIpc) is 1.28. The third-order valence-corrected chi connectivity index (χ3v) is 28.1. The molecule has 3 heterocycles.